The summed E-state index contributed by atoms with van der Waals surface area (Å²) in [5.74, 6) is 0.262. The predicted molar refractivity (Wildman–Crippen MR) is 148 cm³/mol. The molecule has 41 heavy (non-hydrogen) atoms. The number of alkyl halides is 3. The third kappa shape index (κ3) is 4.60. The van der Waals surface area contributed by atoms with E-state index in [1.165, 1.54) is 24.3 Å². The minimum absolute atomic E-state index is 0.0491. The Balaban J connectivity index is 1.31. The summed E-state index contributed by atoms with van der Waals surface area (Å²) >= 11 is 4.84. The summed E-state index contributed by atoms with van der Waals surface area (Å²) in [6.45, 7) is 2.99. The molecule has 0 spiro atoms. The number of benzene rings is 2. The van der Waals surface area contributed by atoms with Gasteiger partial charge in [0.05, 0.1) is 35.1 Å². The van der Waals surface area contributed by atoms with Gasteiger partial charge in [-0.15, -0.1) is 8.78 Å². The Hall–Kier alpha value is -4.35. The van der Waals surface area contributed by atoms with Gasteiger partial charge >= 0.3 is 5.57 Å². The number of ether oxygens (including phenoxy) is 2. The minimum Gasteiger partial charge on any atom is -0.420 e. The number of carbonyl (C=O) groups is 1. The molecule has 1 aliphatic carbocycles. The highest BCUT2D eigenvalue weighted by Crippen LogP contribution is 2.40. The first-order valence-corrected chi connectivity index (χ1v) is 13.3. The van der Waals surface area contributed by atoms with Gasteiger partial charge in [0.1, 0.15) is 18.2 Å². The molecule has 2 aromatic carbocycles. The third-order valence-electron chi connectivity index (χ3n) is 7.30. The molecule has 0 saturated heterocycles. The molecule has 0 radical (unpaired) electrons. The van der Waals surface area contributed by atoms with E-state index in [9.17, 15) is 13.6 Å². The van der Waals surface area contributed by atoms with E-state index in [1.807, 2.05) is 25.5 Å². The molecule has 1 atom stereocenters. The van der Waals surface area contributed by atoms with Gasteiger partial charge in [0, 0.05) is 71.0 Å². The molecule has 0 bridgehead atoms. The van der Waals surface area contributed by atoms with Crippen molar-refractivity contribution in [1.29, 1.82) is 0 Å². The van der Waals surface area contributed by atoms with Crippen LogP contribution in [0.15, 0.2) is 54.9 Å². The van der Waals surface area contributed by atoms with Crippen LogP contribution in [0.3, 0.4) is 0 Å². The quantitative estimate of drug-likeness (QED) is 0.256. The van der Waals surface area contributed by atoms with Crippen LogP contribution in [-0.4, -0.2) is 42.4 Å². The first-order valence-electron chi connectivity index (χ1n) is 12.9. The first-order chi connectivity index (χ1) is 19.6. The summed E-state index contributed by atoms with van der Waals surface area (Å²) in [5, 5.41) is 7.46. The molecule has 2 aliphatic rings. The number of nitrogens with one attached hydrogen (secondary N) is 1. The van der Waals surface area contributed by atoms with Crippen LogP contribution in [-0.2, 0) is 24.8 Å². The molecule has 208 valence electrons. The average Bonchev–Trinajstić information content (AvgIpc) is 3.58. The summed E-state index contributed by atoms with van der Waals surface area (Å²) in [4.78, 5) is 23.0. The number of hydrogen-bond donors (Lipinski definition) is 1. The lowest BCUT2D eigenvalue weighted by molar-refractivity contribution is -0.0964. The van der Waals surface area contributed by atoms with Crippen molar-refractivity contribution in [1.82, 2.24) is 24.3 Å². The normalized spacial score (nSPS) is 15.9. The predicted octanol–water partition coefficient (Wildman–Crippen LogP) is 5.91. The van der Waals surface area contributed by atoms with E-state index < -0.39 is 5.57 Å². The standard InChI is InChI=1S/C29H23ClF2N6O3/c1-15-13-40-14-25-35-24-9-16(28(39)34-19-3-5-20(6-4-19)41-29(30,31)32)7-21(27(24)38(15)25)17-8-22-23(33-11-17)10-18-12-37(2)36-26(18)22/h3-9,11-12,15H,10,13-14H2,1-2H3,(H,34,39)/t15-/m1/s1. The third-order valence-corrected chi connectivity index (χ3v) is 7.37. The zero-order chi connectivity index (χ0) is 28.5. The fraction of sp³-hybridized carbons (Fsp3) is 0.241. The molecule has 1 aliphatic heterocycles. The molecule has 9 nitrogen and oxygen atoms in total. The number of hydrogen-bond acceptors (Lipinski definition) is 6. The number of halogens is 3. The summed E-state index contributed by atoms with van der Waals surface area (Å²) in [5.41, 5.74) is 4.14. The van der Waals surface area contributed by atoms with Crippen molar-refractivity contribution in [3.63, 3.8) is 0 Å². The smallest absolute Gasteiger partial charge is 0.420 e. The highest BCUT2D eigenvalue weighted by Gasteiger charge is 2.29. The number of rotatable bonds is 5. The van der Waals surface area contributed by atoms with Crippen LogP contribution in [0.5, 0.6) is 5.75 Å². The van der Waals surface area contributed by atoms with Gasteiger partial charge in [0.25, 0.3) is 5.91 Å². The molecular formula is C29H23ClF2N6O3. The zero-order valence-corrected chi connectivity index (χ0v) is 22.7. The Morgan fingerprint density at radius 3 is 2.78 bits per heavy atom. The van der Waals surface area contributed by atoms with Crippen LogP contribution in [0.1, 0.15) is 40.4 Å². The number of aromatic nitrogens is 5. The Kier molecular flexibility index (Phi) is 5.84. The van der Waals surface area contributed by atoms with E-state index in [0.717, 1.165) is 51.4 Å². The maximum Gasteiger partial charge on any atom is 0.487 e. The van der Waals surface area contributed by atoms with E-state index in [2.05, 4.69) is 32.7 Å². The lowest BCUT2D eigenvalue weighted by atomic mass is 9.99. The number of nitrogens with zero attached hydrogens (tertiary/aromatic N) is 5. The number of anilines is 1. The monoisotopic (exact) mass is 576 g/mol. The Morgan fingerprint density at radius 1 is 1.20 bits per heavy atom. The summed E-state index contributed by atoms with van der Waals surface area (Å²) in [6, 6.07) is 11.2. The maximum atomic E-state index is 13.4. The van der Waals surface area contributed by atoms with Crippen molar-refractivity contribution in [2.75, 3.05) is 11.9 Å². The van der Waals surface area contributed by atoms with Gasteiger partial charge < -0.3 is 19.4 Å². The molecule has 7 rings (SSSR count). The molecule has 5 aromatic rings. The van der Waals surface area contributed by atoms with E-state index >= 15 is 0 Å². The molecule has 12 heteroatoms. The van der Waals surface area contributed by atoms with Gasteiger partial charge in [0.2, 0.25) is 0 Å². The number of pyridine rings is 1. The van der Waals surface area contributed by atoms with Crippen molar-refractivity contribution in [3.05, 3.63) is 77.5 Å². The van der Waals surface area contributed by atoms with Crippen molar-refractivity contribution in [3.8, 4) is 28.1 Å². The van der Waals surface area contributed by atoms with Crippen LogP contribution in [0.25, 0.3) is 33.4 Å². The Bertz CT molecular complexity index is 1840. The number of amides is 1. The molecule has 1 amide bonds. The zero-order valence-electron chi connectivity index (χ0n) is 22.0. The van der Waals surface area contributed by atoms with Gasteiger partial charge in [-0.2, -0.15) is 5.10 Å². The molecule has 3 aromatic heterocycles. The van der Waals surface area contributed by atoms with Gasteiger partial charge in [0.15, 0.2) is 0 Å². The van der Waals surface area contributed by atoms with Crippen molar-refractivity contribution >= 4 is 34.2 Å². The van der Waals surface area contributed by atoms with E-state index in [0.29, 0.717) is 30.0 Å². The second-order valence-electron chi connectivity index (χ2n) is 10.3. The number of aryl methyl sites for hydroxylation is 1. The number of carbonyl (C=O) groups excluding carboxylic acids is 1. The van der Waals surface area contributed by atoms with E-state index in [4.69, 9.17) is 26.3 Å². The fourth-order valence-electron chi connectivity index (χ4n) is 5.61. The average molecular weight is 577 g/mol. The van der Waals surface area contributed by atoms with Crippen LogP contribution >= 0.6 is 11.6 Å². The number of imidazole rings is 1. The summed E-state index contributed by atoms with van der Waals surface area (Å²) in [6.07, 6.45) is 4.56. The topological polar surface area (TPSA) is 96.1 Å². The molecular weight excluding hydrogens is 554 g/mol. The fourth-order valence-corrected chi connectivity index (χ4v) is 5.70. The van der Waals surface area contributed by atoms with Crippen LogP contribution in [0.4, 0.5) is 14.5 Å². The molecule has 0 fully saturated rings. The minimum atomic E-state index is -3.83. The second-order valence-corrected chi connectivity index (χ2v) is 10.7. The largest absolute Gasteiger partial charge is 0.487 e. The first kappa shape index (κ1) is 25.6. The van der Waals surface area contributed by atoms with E-state index in [-0.39, 0.29) is 17.7 Å². The highest BCUT2D eigenvalue weighted by molar-refractivity contribution is 6.20. The van der Waals surface area contributed by atoms with Crippen LogP contribution < -0.4 is 10.1 Å². The summed E-state index contributed by atoms with van der Waals surface area (Å²) in [7, 11) is 1.90. The van der Waals surface area contributed by atoms with Gasteiger partial charge in [-0.05, 0) is 49.4 Å². The maximum absolute atomic E-state index is 13.4. The highest BCUT2D eigenvalue weighted by atomic mass is 35.5. The Morgan fingerprint density at radius 2 is 2.00 bits per heavy atom. The number of fused-ring (bicyclic) bond motifs is 6. The van der Waals surface area contributed by atoms with Gasteiger partial charge in [-0.3, -0.25) is 14.5 Å². The Labute approximate surface area is 237 Å². The molecule has 1 N–H and O–H groups in total. The second kappa shape index (κ2) is 9.35. The van der Waals surface area contributed by atoms with Gasteiger partial charge in [-0.1, -0.05) is 0 Å². The summed E-state index contributed by atoms with van der Waals surface area (Å²) < 4.78 is 40.0. The molecule has 4 heterocycles. The lowest BCUT2D eigenvalue weighted by Gasteiger charge is -2.23. The van der Waals surface area contributed by atoms with Crippen molar-refractivity contribution in [2.45, 2.75) is 31.6 Å². The van der Waals surface area contributed by atoms with Gasteiger partial charge in [-0.25, -0.2) is 4.98 Å². The lowest BCUT2D eigenvalue weighted by Crippen LogP contribution is -2.21. The SMILES string of the molecule is C[C@@H]1COCc2nc3cc(C(=O)Nc4ccc(OC(F)(F)Cl)cc4)cc(-c4cnc5c(c4)-c4nn(C)cc4C5)c3n21. The van der Waals surface area contributed by atoms with Crippen molar-refractivity contribution < 1.29 is 23.0 Å². The molecule has 0 saturated carbocycles. The van der Waals surface area contributed by atoms with Crippen molar-refractivity contribution in [2.24, 2.45) is 7.05 Å². The van der Waals surface area contributed by atoms with Crippen LogP contribution in [0.2, 0.25) is 0 Å². The van der Waals surface area contributed by atoms with E-state index in [1.54, 1.807) is 10.7 Å². The molecule has 0 unspecified atom stereocenters. The van der Waals surface area contributed by atoms with Crippen LogP contribution in [0, 0.1) is 0 Å².